The number of hydrogen-bond acceptors (Lipinski definition) is 1. The van der Waals surface area contributed by atoms with Crippen LogP contribution in [0, 0.1) is 23.5 Å². The van der Waals surface area contributed by atoms with Gasteiger partial charge in [0.1, 0.15) is 0 Å². The van der Waals surface area contributed by atoms with Gasteiger partial charge >= 0.3 is 0 Å². The molecule has 1 aromatic carbocycles. The number of benzene rings is 1. The summed E-state index contributed by atoms with van der Waals surface area (Å²) < 4.78 is 25.7. The zero-order valence-electron chi connectivity index (χ0n) is 8.71. The SMILES string of the molecule is CC(C1CC1)C(N)c1ccc(F)c(F)c1. The van der Waals surface area contributed by atoms with Crippen LogP contribution < -0.4 is 5.73 Å². The van der Waals surface area contributed by atoms with E-state index in [9.17, 15) is 8.78 Å². The van der Waals surface area contributed by atoms with Crippen LogP contribution in [-0.4, -0.2) is 0 Å². The van der Waals surface area contributed by atoms with E-state index in [1.165, 1.54) is 18.9 Å². The highest BCUT2D eigenvalue weighted by molar-refractivity contribution is 5.22. The predicted octanol–water partition coefficient (Wildman–Crippen LogP) is 3.01. The maximum absolute atomic E-state index is 13.0. The molecular formula is C12H15F2N. The molecule has 1 nitrogen and oxygen atoms in total. The Bertz CT molecular complexity index is 361. The van der Waals surface area contributed by atoms with Gasteiger partial charge in [-0.25, -0.2) is 8.78 Å². The predicted molar refractivity (Wildman–Crippen MR) is 55.2 cm³/mol. The molecule has 2 rings (SSSR count). The van der Waals surface area contributed by atoms with Crippen molar-refractivity contribution in [2.24, 2.45) is 17.6 Å². The van der Waals surface area contributed by atoms with E-state index in [4.69, 9.17) is 5.73 Å². The minimum atomic E-state index is -0.815. The Hall–Kier alpha value is -0.960. The molecule has 2 N–H and O–H groups in total. The van der Waals surface area contributed by atoms with Crippen LogP contribution in [0.3, 0.4) is 0 Å². The Kier molecular flexibility index (Phi) is 2.74. The normalized spacial score (nSPS) is 20.0. The largest absolute Gasteiger partial charge is 0.324 e. The molecule has 1 aliphatic carbocycles. The first-order valence-electron chi connectivity index (χ1n) is 5.30. The van der Waals surface area contributed by atoms with Gasteiger partial charge in [0.25, 0.3) is 0 Å². The van der Waals surface area contributed by atoms with Gasteiger partial charge < -0.3 is 5.73 Å². The van der Waals surface area contributed by atoms with E-state index >= 15 is 0 Å². The quantitative estimate of drug-likeness (QED) is 0.817. The second kappa shape index (κ2) is 3.89. The van der Waals surface area contributed by atoms with Crippen LogP contribution in [0.15, 0.2) is 18.2 Å². The summed E-state index contributed by atoms with van der Waals surface area (Å²) in [4.78, 5) is 0. The van der Waals surface area contributed by atoms with E-state index in [0.29, 0.717) is 17.4 Å². The molecule has 15 heavy (non-hydrogen) atoms. The first kappa shape index (κ1) is 10.6. The van der Waals surface area contributed by atoms with Crippen molar-refractivity contribution in [3.63, 3.8) is 0 Å². The smallest absolute Gasteiger partial charge is 0.159 e. The summed E-state index contributed by atoms with van der Waals surface area (Å²) in [6.45, 7) is 2.07. The maximum atomic E-state index is 13.0. The van der Waals surface area contributed by atoms with E-state index in [2.05, 4.69) is 6.92 Å². The average molecular weight is 211 g/mol. The van der Waals surface area contributed by atoms with Crippen LogP contribution >= 0.6 is 0 Å². The van der Waals surface area contributed by atoms with Gasteiger partial charge in [-0.3, -0.25) is 0 Å². The first-order chi connectivity index (χ1) is 7.09. The molecule has 0 aliphatic heterocycles. The van der Waals surface area contributed by atoms with E-state index in [1.54, 1.807) is 6.07 Å². The van der Waals surface area contributed by atoms with Crippen LogP contribution in [0.25, 0.3) is 0 Å². The first-order valence-corrected chi connectivity index (χ1v) is 5.30. The molecule has 1 fully saturated rings. The molecule has 0 radical (unpaired) electrons. The van der Waals surface area contributed by atoms with E-state index in [0.717, 1.165) is 6.07 Å². The van der Waals surface area contributed by atoms with E-state index < -0.39 is 11.6 Å². The summed E-state index contributed by atoms with van der Waals surface area (Å²) in [5.74, 6) is -0.626. The number of nitrogens with two attached hydrogens (primary N) is 1. The Morgan fingerprint density at radius 3 is 2.47 bits per heavy atom. The molecule has 0 amide bonds. The third kappa shape index (κ3) is 2.17. The van der Waals surface area contributed by atoms with Gasteiger partial charge in [-0.15, -0.1) is 0 Å². The van der Waals surface area contributed by atoms with Gasteiger partial charge in [-0.2, -0.15) is 0 Å². The molecule has 2 unspecified atom stereocenters. The van der Waals surface area contributed by atoms with Crippen LogP contribution in [-0.2, 0) is 0 Å². The summed E-state index contributed by atoms with van der Waals surface area (Å²) in [5.41, 5.74) is 6.70. The van der Waals surface area contributed by atoms with Crippen LogP contribution in [0.4, 0.5) is 8.78 Å². The summed E-state index contributed by atoms with van der Waals surface area (Å²) >= 11 is 0. The van der Waals surface area contributed by atoms with Gasteiger partial charge in [0.05, 0.1) is 0 Å². The van der Waals surface area contributed by atoms with Crippen molar-refractivity contribution in [2.75, 3.05) is 0 Å². The van der Waals surface area contributed by atoms with Crippen molar-refractivity contribution in [1.82, 2.24) is 0 Å². The fourth-order valence-electron chi connectivity index (χ4n) is 1.94. The van der Waals surface area contributed by atoms with Crippen molar-refractivity contribution < 1.29 is 8.78 Å². The molecule has 2 atom stereocenters. The minimum absolute atomic E-state index is 0.187. The molecule has 0 spiro atoms. The molecule has 1 aliphatic rings. The van der Waals surface area contributed by atoms with Crippen molar-refractivity contribution in [1.29, 1.82) is 0 Å². The zero-order valence-corrected chi connectivity index (χ0v) is 8.71. The minimum Gasteiger partial charge on any atom is -0.324 e. The zero-order chi connectivity index (χ0) is 11.0. The lowest BCUT2D eigenvalue weighted by Gasteiger charge is -2.19. The monoisotopic (exact) mass is 211 g/mol. The van der Waals surface area contributed by atoms with Crippen LogP contribution in [0.5, 0.6) is 0 Å². The molecule has 0 saturated heterocycles. The van der Waals surface area contributed by atoms with Crippen molar-refractivity contribution in [3.05, 3.63) is 35.4 Å². The standard InChI is InChI=1S/C12H15F2N/c1-7(8-2-3-8)12(15)9-4-5-10(13)11(14)6-9/h4-8,12H,2-3,15H2,1H3. The van der Waals surface area contributed by atoms with Crippen molar-refractivity contribution in [2.45, 2.75) is 25.8 Å². The molecule has 0 heterocycles. The molecule has 0 bridgehead atoms. The Balaban J connectivity index is 2.17. The number of hydrogen-bond donors (Lipinski definition) is 1. The summed E-state index contributed by atoms with van der Waals surface area (Å²) in [6, 6.07) is 3.73. The highest BCUT2D eigenvalue weighted by atomic mass is 19.2. The Labute approximate surface area is 88.3 Å². The molecular weight excluding hydrogens is 196 g/mol. The fourth-order valence-corrected chi connectivity index (χ4v) is 1.94. The number of rotatable bonds is 3. The summed E-state index contributed by atoms with van der Waals surface area (Å²) in [7, 11) is 0. The highest BCUT2D eigenvalue weighted by Gasteiger charge is 2.32. The molecule has 82 valence electrons. The topological polar surface area (TPSA) is 26.0 Å². The van der Waals surface area contributed by atoms with Gasteiger partial charge in [0.15, 0.2) is 11.6 Å². The maximum Gasteiger partial charge on any atom is 0.159 e. The number of halogens is 2. The van der Waals surface area contributed by atoms with Crippen molar-refractivity contribution in [3.8, 4) is 0 Å². The summed E-state index contributed by atoms with van der Waals surface area (Å²) in [6.07, 6.45) is 2.41. The van der Waals surface area contributed by atoms with Crippen LogP contribution in [0.2, 0.25) is 0 Å². The second-order valence-corrected chi connectivity index (χ2v) is 4.40. The second-order valence-electron chi connectivity index (χ2n) is 4.40. The lowest BCUT2D eigenvalue weighted by molar-refractivity contribution is 0.413. The lowest BCUT2D eigenvalue weighted by atomic mass is 9.91. The van der Waals surface area contributed by atoms with E-state index in [-0.39, 0.29) is 6.04 Å². The van der Waals surface area contributed by atoms with Crippen LogP contribution in [0.1, 0.15) is 31.4 Å². The molecule has 1 aromatic rings. The van der Waals surface area contributed by atoms with Crippen molar-refractivity contribution >= 4 is 0 Å². The van der Waals surface area contributed by atoms with Gasteiger partial charge in [0, 0.05) is 6.04 Å². The third-order valence-corrected chi connectivity index (χ3v) is 3.26. The highest BCUT2D eigenvalue weighted by Crippen LogP contribution is 2.41. The lowest BCUT2D eigenvalue weighted by Crippen LogP contribution is -2.20. The Morgan fingerprint density at radius 1 is 1.27 bits per heavy atom. The van der Waals surface area contributed by atoms with Gasteiger partial charge in [-0.1, -0.05) is 13.0 Å². The molecule has 3 heteroatoms. The summed E-state index contributed by atoms with van der Waals surface area (Å²) in [5, 5.41) is 0. The molecule has 0 aromatic heterocycles. The van der Waals surface area contributed by atoms with Gasteiger partial charge in [0.2, 0.25) is 0 Å². The average Bonchev–Trinajstić information content (AvgIpc) is 3.03. The Morgan fingerprint density at radius 2 is 1.93 bits per heavy atom. The van der Waals surface area contributed by atoms with E-state index in [1.807, 2.05) is 0 Å². The third-order valence-electron chi connectivity index (χ3n) is 3.26. The fraction of sp³-hybridized carbons (Fsp3) is 0.500. The molecule has 1 saturated carbocycles. The van der Waals surface area contributed by atoms with Gasteiger partial charge in [-0.05, 0) is 42.4 Å².